The zero-order chi connectivity index (χ0) is 25.5. The van der Waals surface area contributed by atoms with Crippen LogP contribution in [0, 0.1) is 0 Å². The van der Waals surface area contributed by atoms with Gasteiger partial charge in [-0.05, 0) is 49.7 Å². The van der Waals surface area contributed by atoms with Crippen molar-refractivity contribution in [3.05, 3.63) is 48.5 Å². The number of ether oxygens (including phenoxy) is 4. The Morgan fingerprint density at radius 1 is 1.08 bits per heavy atom. The minimum atomic E-state index is -1.15. The summed E-state index contributed by atoms with van der Waals surface area (Å²) in [6.07, 6.45) is 1.22. The maximum Gasteiger partial charge on any atom is 0.323 e. The van der Waals surface area contributed by atoms with Gasteiger partial charge in [-0.1, -0.05) is 18.2 Å². The molecule has 0 saturated carbocycles. The van der Waals surface area contributed by atoms with Gasteiger partial charge in [0.25, 0.3) is 0 Å². The van der Waals surface area contributed by atoms with Gasteiger partial charge in [0.2, 0.25) is 0 Å². The summed E-state index contributed by atoms with van der Waals surface area (Å²) in [5.41, 5.74) is 0.0949. The number of rotatable bonds is 8. The van der Waals surface area contributed by atoms with E-state index in [1.54, 1.807) is 13.2 Å². The fraction of sp³-hybridized carbons (Fsp3) is 0.481. The monoisotopic (exact) mass is 514 g/mol. The molecule has 0 aliphatic carbocycles. The molecule has 2 aromatic rings. The molecule has 0 bridgehead atoms. The Bertz CT molecular complexity index is 1040. The number of hydrogen-bond donors (Lipinski definition) is 0. The van der Waals surface area contributed by atoms with Crippen molar-refractivity contribution in [2.75, 3.05) is 58.5 Å². The summed E-state index contributed by atoms with van der Waals surface area (Å²) in [5.74, 6) is 0.383. The first-order valence-electron chi connectivity index (χ1n) is 12.2. The molecule has 0 radical (unpaired) electrons. The predicted octanol–water partition coefficient (Wildman–Crippen LogP) is 3.63. The van der Waals surface area contributed by atoms with E-state index in [-0.39, 0.29) is 6.61 Å². The van der Waals surface area contributed by atoms with E-state index in [0.717, 1.165) is 44.0 Å². The van der Waals surface area contributed by atoms with Crippen LogP contribution in [-0.2, 0) is 19.1 Å². The topological polar surface area (TPSA) is 77.5 Å². The molecule has 0 unspecified atom stereocenters. The lowest BCUT2D eigenvalue weighted by atomic mass is 9.93. The van der Waals surface area contributed by atoms with E-state index in [0.29, 0.717) is 17.9 Å². The van der Waals surface area contributed by atoms with Crippen molar-refractivity contribution in [1.82, 2.24) is 4.90 Å². The number of carbonyl (C=O) groups is 2. The first kappa shape index (κ1) is 26.2. The van der Waals surface area contributed by atoms with Crippen molar-refractivity contribution >= 4 is 29.4 Å². The third-order valence-corrected chi connectivity index (χ3v) is 8.11. The summed E-state index contributed by atoms with van der Waals surface area (Å²) in [4.78, 5) is 30.8. The number of benzene rings is 2. The van der Waals surface area contributed by atoms with Crippen LogP contribution >= 0.6 is 11.8 Å². The molecule has 9 heteroatoms. The summed E-state index contributed by atoms with van der Waals surface area (Å²) in [6.45, 7) is 6.09. The van der Waals surface area contributed by atoms with Gasteiger partial charge in [0, 0.05) is 38.8 Å². The average molecular weight is 515 g/mol. The van der Waals surface area contributed by atoms with Crippen LogP contribution in [-0.4, -0.2) is 81.2 Å². The highest BCUT2D eigenvalue weighted by Gasteiger charge is 2.50. The Hall–Kier alpha value is -2.91. The Balaban J connectivity index is 1.45. The van der Waals surface area contributed by atoms with E-state index in [9.17, 15) is 9.59 Å². The molecule has 194 valence electrons. The van der Waals surface area contributed by atoms with Crippen molar-refractivity contribution in [2.24, 2.45) is 0 Å². The number of nitrogens with zero attached hydrogens (tertiary/aromatic N) is 2. The number of para-hydroxylation sites is 1. The van der Waals surface area contributed by atoms with E-state index in [1.807, 2.05) is 18.2 Å². The second-order valence-corrected chi connectivity index (χ2v) is 10.2. The lowest BCUT2D eigenvalue weighted by Gasteiger charge is -2.38. The van der Waals surface area contributed by atoms with Crippen LogP contribution in [0.3, 0.4) is 0 Å². The van der Waals surface area contributed by atoms with E-state index in [1.165, 1.54) is 31.5 Å². The molecule has 2 aromatic carbocycles. The molecule has 2 heterocycles. The van der Waals surface area contributed by atoms with E-state index >= 15 is 0 Å². The molecule has 0 aromatic heterocycles. The number of methoxy groups -OCH3 is 2. The minimum Gasteiger partial charge on any atom is -0.497 e. The zero-order valence-corrected chi connectivity index (χ0v) is 21.9. The van der Waals surface area contributed by atoms with Crippen LogP contribution in [0.1, 0.15) is 19.8 Å². The SMILES string of the molecule is COC(=O)[C@@H]1Sc2cc(OC)ccc2OC[C@]1(CCCN1CCN(c2ccccc2)CC1)OC(C)=O. The normalized spacial score (nSPS) is 22.1. The number of piperazine rings is 1. The first-order chi connectivity index (χ1) is 17.4. The van der Waals surface area contributed by atoms with Crippen molar-refractivity contribution in [2.45, 2.75) is 35.5 Å². The Morgan fingerprint density at radius 2 is 1.83 bits per heavy atom. The second-order valence-electron chi connectivity index (χ2n) is 9.05. The lowest BCUT2D eigenvalue weighted by Crippen LogP contribution is -2.53. The second kappa shape index (κ2) is 11.9. The van der Waals surface area contributed by atoms with Crippen molar-refractivity contribution in [1.29, 1.82) is 0 Å². The predicted molar refractivity (Wildman–Crippen MR) is 139 cm³/mol. The number of anilines is 1. The fourth-order valence-electron chi connectivity index (χ4n) is 4.80. The van der Waals surface area contributed by atoms with E-state index < -0.39 is 22.8 Å². The molecule has 1 fully saturated rings. The van der Waals surface area contributed by atoms with Gasteiger partial charge >= 0.3 is 11.9 Å². The molecular weight excluding hydrogens is 480 g/mol. The standard InChI is InChI=1S/C27H34N2O6S/c1-20(30)35-27(12-7-13-28-14-16-29(17-15-28)21-8-5-4-6-9-21)19-34-23-11-10-22(32-2)18-24(23)36-25(27)26(31)33-3/h4-6,8-11,18,25H,7,12-17,19H2,1-3H3/t25-,27-/m0/s1. The van der Waals surface area contributed by atoms with Gasteiger partial charge in [0.15, 0.2) is 10.9 Å². The summed E-state index contributed by atoms with van der Waals surface area (Å²) >= 11 is 1.30. The highest BCUT2D eigenvalue weighted by atomic mass is 32.2. The molecule has 2 aliphatic heterocycles. The van der Waals surface area contributed by atoms with Gasteiger partial charge < -0.3 is 23.8 Å². The smallest absolute Gasteiger partial charge is 0.323 e. The highest BCUT2D eigenvalue weighted by Crippen LogP contribution is 2.45. The molecular formula is C27H34N2O6S. The van der Waals surface area contributed by atoms with Crippen LogP contribution < -0.4 is 14.4 Å². The highest BCUT2D eigenvalue weighted by molar-refractivity contribution is 8.00. The number of fused-ring (bicyclic) bond motifs is 1. The van der Waals surface area contributed by atoms with Gasteiger partial charge in [-0.3, -0.25) is 14.5 Å². The lowest BCUT2D eigenvalue weighted by molar-refractivity contribution is -0.167. The Labute approximate surface area is 216 Å². The van der Waals surface area contributed by atoms with Crippen molar-refractivity contribution < 1.29 is 28.5 Å². The molecule has 8 nitrogen and oxygen atoms in total. The maximum atomic E-state index is 13.0. The quantitative estimate of drug-likeness (QED) is 0.491. The maximum absolute atomic E-state index is 13.0. The van der Waals surface area contributed by atoms with Crippen LogP contribution in [0.25, 0.3) is 0 Å². The number of carbonyl (C=O) groups excluding carboxylic acids is 2. The Morgan fingerprint density at radius 3 is 2.50 bits per heavy atom. The minimum absolute atomic E-state index is 0.0699. The van der Waals surface area contributed by atoms with Crippen molar-refractivity contribution in [3.63, 3.8) is 0 Å². The Kier molecular flexibility index (Phi) is 8.64. The van der Waals surface area contributed by atoms with Crippen molar-refractivity contribution in [3.8, 4) is 11.5 Å². The molecule has 0 amide bonds. The number of esters is 2. The van der Waals surface area contributed by atoms with Crippen LogP contribution in [0.4, 0.5) is 5.69 Å². The molecule has 2 aliphatic rings. The first-order valence-corrected chi connectivity index (χ1v) is 13.1. The van der Waals surface area contributed by atoms with Crippen LogP contribution in [0.5, 0.6) is 11.5 Å². The van der Waals surface area contributed by atoms with Gasteiger partial charge in [-0.2, -0.15) is 0 Å². The van der Waals surface area contributed by atoms with Gasteiger partial charge in [0.1, 0.15) is 18.1 Å². The average Bonchev–Trinajstić information content (AvgIpc) is 3.05. The molecule has 2 atom stereocenters. The van der Waals surface area contributed by atoms with E-state index in [2.05, 4.69) is 34.1 Å². The molecule has 4 rings (SSSR count). The molecule has 0 spiro atoms. The number of thioether (sulfide) groups is 1. The van der Waals surface area contributed by atoms with Gasteiger partial charge in [-0.15, -0.1) is 11.8 Å². The molecule has 1 saturated heterocycles. The summed E-state index contributed by atoms with van der Waals surface area (Å²) in [7, 11) is 2.94. The third-order valence-electron chi connectivity index (χ3n) is 6.68. The zero-order valence-electron chi connectivity index (χ0n) is 21.1. The van der Waals surface area contributed by atoms with Gasteiger partial charge in [-0.25, -0.2) is 0 Å². The summed E-state index contributed by atoms with van der Waals surface area (Å²) < 4.78 is 22.5. The summed E-state index contributed by atoms with van der Waals surface area (Å²) in [5, 5.41) is -0.769. The third kappa shape index (κ3) is 6.07. The van der Waals surface area contributed by atoms with Gasteiger partial charge in [0.05, 0.1) is 19.1 Å². The largest absolute Gasteiger partial charge is 0.497 e. The van der Waals surface area contributed by atoms with E-state index in [4.69, 9.17) is 18.9 Å². The van der Waals surface area contributed by atoms with Crippen LogP contribution in [0.15, 0.2) is 53.4 Å². The molecule has 0 N–H and O–H groups in total. The fourth-order valence-corrected chi connectivity index (χ4v) is 6.12. The molecule has 36 heavy (non-hydrogen) atoms. The summed E-state index contributed by atoms with van der Waals surface area (Å²) in [6, 6.07) is 15.9. The van der Waals surface area contributed by atoms with Crippen LogP contribution in [0.2, 0.25) is 0 Å². The number of hydrogen-bond acceptors (Lipinski definition) is 9.